The van der Waals surface area contributed by atoms with Crippen molar-refractivity contribution in [3.8, 4) is 11.8 Å². The van der Waals surface area contributed by atoms with Gasteiger partial charge in [0.15, 0.2) is 5.78 Å². The Morgan fingerprint density at radius 3 is 2.53 bits per heavy atom. The van der Waals surface area contributed by atoms with Gasteiger partial charge in [0.25, 0.3) is 0 Å². The summed E-state index contributed by atoms with van der Waals surface area (Å²) in [5.41, 5.74) is -1.26. The summed E-state index contributed by atoms with van der Waals surface area (Å²) in [4.78, 5) is 63.6. The number of fused-ring (bicyclic) bond motifs is 4. The third-order valence-electron chi connectivity index (χ3n) is 13.5. The minimum absolute atomic E-state index is 0.0391. The van der Waals surface area contributed by atoms with Crippen LogP contribution in [0.25, 0.3) is 10.8 Å². The molecule has 5 fully saturated rings. The highest BCUT2D eigenvalue weighted by atomic mass is 35.5. The van der Waals surface area contributed by atoms with Crippen LogP contribution >= 0.6 is 11.6 Å². The van der Waals surface area contributed by atoms with Gasteiger partial charge in [-0.05, 0) is 106 Å². The number of sulfonamides is 1. The number of benzene rings is 1. The van der Waals surface area contributed by atoms with Crippen molar-refractivity contribution >= 4 is 56.0 Å². The van der Waals surface area contributed by atoms with Crippen molar-refractivity contribution in [2.24, 2.45) is 40.9 Å². The maximum atomic E-state index is 15.0. The smallest absolute Gasteiger partial charge is 0.306 e. The van der Waals surface area contributed by atoms with Gasteiger partial charge in [0, 0.05) is 34.7 Å². The van der Waals surface area contributed by atoms with Gasteiger partial charge < -0.3 is 19.1 Å². The van der Waals surface area contributed by atoms with Crippen LogP contribution in [0.3, 0.4) is 0 Å². The van der Waals surface area contributed by atoms with Crippen molar-refractivity contribution in [2.75, 3.05) is 13.2 Å². The quantitative estimate of drug-likeness (QED) is 0.185. The summed E-state index contributed by atoms with van der Waals surface area (Å²) >= 11 is 6.63. The molecule has 4 saturated carbocycles. The molecule has 0 radical (unpaired) electrons. The Kier molecular flexibility index (Phi) is 11.6. The van der Waals surface area contributed by atoms with E-state index in [1.807, 2.05) is 32.1 Å². The number of rotatable bonds is 11. The van der Waals surface area contributed by atoms with Crippen LogP contribution in [-0.4, -0.2) is 78.5 Å². The van der Waals surface area contributed by atoms with Gasteiger partial charge in [-0.1, -0.05) is 50.6 Å². The van der Waals surface area contributed by atoms with E-state index in [4.69, 9.17) is 25.8 Å². The molecule has 4 aliphatic carbocycles. The van der Waals surface area contributed by atoms with Gasteiger partial charge in [0.2, 0.25) is 33.6 Å². The maximum Gasteiger partial charge on any atom is 0.306 e. The van der Waals surface area contributed by atoms with E-state index < -0.39 is 50.6 Å². The highest BCUT2D eigenvalue weighted by molar-refractivity contribution is 7.90. The number of allylic oxidation sites excluding steroid dienone is 2. The van der Waals surface area contributed by atoms with E-state index in [9.17, 15) is 22.8 Å². The number of carbonyl (C=O) groups excluding carboxylic acids is 4. The van der Waals surface area contributed by atoms with E-state index in [1.54, 1.807) is 23.1 Å². The van der Waals surface area contributed by atoms with Crippen molar-refractivity contribution in [3.05, 3.63) is 41.4 Å². The van der Waals surface area contributed by atoms with Gasteiger partial charge in [-0.3, -0.25) is 23.9 Å². The highest BCUT2D eigenvalue weighted by Crippen LogP contribution is 2.57. The number of amides is 2. The molecule has 1 aromatic heterocycles. The summed E-state index contributed by atoms with van der Waals surface area (Å²) < 4.78 is 46.8. The molecule has 2 aliphatic heterocycles. The summed E-state index contributed by atoms with van der Waals surface area (Å²) in [5.74, 6) is -0.947. The van der Waals surface area contributed by atoms with Crippen molar-refractivity contribution in [3.63, 3.8) is 0 Å². The van der Waals surface area contributed by atoms with E-state index >= 15 is 4.79 Å². The fraction of sp³-hybridized carbons (Fsp3) is 0.659. The van der Waals surface area contributed by atoms with E-state index in [0.717, 1.165) is 32.1 Å². The average Bonchev–Trinajstić information content (AvgIpc) is 4.14. The molecular weight excluding hydrogens is 782 g/mol. The van der Waals surface area contributed by atoms with E-state index in [0.29, 0.717) is 65.8 Å². The number of ether oxygens (including phenoxy) is 3. The molecule has 314 valence electrons. The molecule has 2 unspecified atom stereocenters. The number of hydrogen-bond donors (Lipinski definition) is 1. The van der Waals surface area contributed by atoms with Crippen molar-refractivity contribution in [1.29, 1.82) is 0 Å². The number of aromatic nitrogens is 1. The molecule has 2 amide bonds. The van der Waals surface area contributed by atoms with Gasteiger partial charge in [-0.2, -0.15) is 4.98 Å². The molecule has 14 heteroatoms. The van der Waals surface area contributed by atoms with Gasteiger partial charge in [-0.25, -0.2) is 8.42 Å². The van der Waals surface area contributed by atoms with Crippen LogP contribution in [-0.2, 0) is 33.9 Å². The summed E-state index contributed by atoms with van der Waals surface area (Å²) in [5, 5.41) is 1.22. The minimum Gasteiger partial charge on any atom is -0.478 e. The van der Waals surface area contributed by atoms with Gasteiger partial charge >= 0.3 is 5.97 Å². The van der Waals surface area contributed by atoms with E-state index in [-0.39, 0.29) is 67.2 Å². The Balaban J connectivity index is 1.11. The predicted molar refractivity (Wildman–Crippen MR) is 217 cm³/mol. The molecule has 6 aliphatic rings. The summed E-state index contributed by atoms with van der Waals surface area (Å²) in [7, 11) is -3.86. The van der Waals surface area contributed by atoms with Crippen LogP contribution < -0.4 is 14.2 Å². The normalized spacial score (nSPS) is 34.2. The zero-order valence-electron chi connectivity index (χ0n) is 33.7. The average molecular weight is 838 g/mol. The lowest BCUT2D eigenvalue weighted by Crippen LogP contribution is -2.47. The first-order valence-corrected chi connectivity index (χ1v) is 23.3. The summed E-state index contributed by atoms with van der Waals surface area (Å²) in [6, 6.07) is 6.19. The number of esters is 1. The molecule has 0 bridgehead atoms. The number of carbonyl (C=O) groups is 4. The number of nitrogens with one attached hydrogen (secondary N) is 1. The Morgan fingerprint density at radius 2 is 1.79 bits per heavy atom. The van der Waals surface area contributed by atoms with Crippen molar-refractivity contribution in [2.45, 2.75) is 128 Å². The molecule has 10 atom stereocenters. The zero-order valence-corrected chi connectivity index (χ0v) is 35.3. The second-order valence-electron chi connectivity index (χ2n) is 18.2. The van der Waals surface area contributed by atoms with Gasteiger partial charge in [-0.15, -0.1) is 0 Å². The van der Waals surface area contributed by atoms with Crippen molar-refractivity contribution in [1.82, 2.24) is 14.6 Å². The Morgan fingerprint density at radius 1 is 1.02 bits per heavy atom. The molecule has 12 nitrogen and oxygen atoms in total. The topological polar surface area (TPSA) is 158 Å². The standard InChI is InChI=1S/C44H56ClN3O9S/c1-4-14-55-39-20-35-33(10-7-11-36(35)45)41(46-39)57-31-19-37-38(49)23-44(43(52)47-58(53,54)32-12-13-32)22-29(44)9-6-5-8-25(2)15-26(3)34(42(51)48(37)24-31)21-40(50)56-30-17-27-16-28(27)18-30/h6-7,9-11,20,25-32,34,37H,4-5,8,12-19,21-24H2,1-3H3,(H,47,52)/b9-6-/t25-,26+,27-,28?,29+,30?,31+,34-,37-,44+/m0/s1. The van der Waals surface area contributed by atoms with Crippen LogP contribution in [0, 0.1) is 40.9 Å². The first kappa shape index (κ1) is 41.0. The second-order valence-corrected chi connectivity index (χ2v) is 20.6. The number of nitrogens with zero attached hydrogens (tertiary/aromatic N) is 2. The predicted octanol–water partition coefficient (Wildman–Crippen LogP) is 6.96. The third-order valence-corrected chi connectivity index (χ3v) is 15.7. The summed E-state index contributed by atoms with van der Waals surface area (Å²) in [6.07, 6.45) is 10.2. The Labute approximate surface area is 346 Å². The number of ketones is 1. The Hall–Kier alpha value is -3.71. The third kappa shape index (κ3) is 8.76. The molecule has 8 rings (SSSR count). The fourth-order valence-electron chi connectivity index (χ4n) is 9.87. The molecule has 1 N–H and O–H groups in total. The SMILES string of the molecule is CCCOc1cc2c(Cl)cccc2c(O[C@@H]2C[C@H]3C(=O)C[C@]4(C(=O)NS(=O)(=O)C5CC5)C[C@H]4/C=C\CC[C@H](C)C[C@@H](C)[C@H](CC(=O)OC4CC5C[C@H]5C4)C(=O)N3C2)n1. The van der Waals surface area contributed by atoms with Crippen LogP contribution in [0.2, 0.25) is 5.02 Å². The second kappa shape index (κ2) is 16.4. The van der Waals surface area contributed by atoms with Crippen LogP contribution in [0.15, 0.2) is 36.4 Å². The lowest BCUT2D eigenvalue weighted by Gasteiger charge is -2.32. The molecule has 1 aromatic carbocycles. The first-order chi connectivity index (χ1) is 27.7. The Bertz CT molecular complexity index is 2080. The fourth-order valence-corrected chi connectivity index (χ4v) is 11.5. The van der Waals surface area contributed by atoms with Crippen LogP contribution in [0.4, 0.5) is 0 Å². The number of halogens is 1. The number of pyridine rings is 1. The lowest BCUT2D eigenvalue weighted by molar-refractivity contribution is -0.155. The van der Waals surface area contributed by atoms with Gasteiger partial charge in [0.1, 0.15) is 12.2 Å². The van der Waals surface area contributed by atoms with Gasteiger partial charge in [0.05, 0.1) is 42.2 Å². The minimum atomic E-state index is -3.86. The largest absolute Gasteiger partial charge is 0.478 e. The maximum absolute atomic E-state index is 15.0. The summed E-state index contributed by atoms with van der Waals surface area (Å²) in [6.45, 7) is 6.60. The van der Waals surface area contributed by atoms with Crippen LogP contribution in [0.5, 0.6) is 11.8 Å². The lowest BCUT2D eigenvalue weighted by atomic mass is 9.82. The zero-order chi connectivity index (χ0) is 40.9. The van der Waals surface area contributed by atoms with E-state index in [1.165, 1.54) is 6.42 Å². The molecule has 58 heavy (non-hydrogen) atoms. The molecule has 0 spiro atoms. The van der Waals surface area contributed by atoms with Crippen LogP contribution in [0.1, 0.15) is 104 Å². The molecule has 3 heterocycles. The van der Waals surface area contributed by atoms with Crippen molar-refractivity contribution < 1.29 is 41.8 Å². The van der Waals surface area contributed by atoms with E-state index in [2.05, 4.69) is 16.6 Å². The first-order valence-electron chi connectivity index (χ1n) is 21.4. The molecule has 2 aromatic rings. The molecular formula is C44H56ClN3O9S. The monoisotopic (exact) mass is 837 g/mol. The number of Topliss-reactive ketones (excluding diaryl/α,β-unsaturated/α-hetero) is 1. The molecule has 1 saturated heterocycles. The highest BCUT2D eigenvalue weighted by Gasteiger charge is 2.62. The number of hydrogen-bond acceptors (Lipinski definition) is 10.